The first-order chi connectivity index (χ1) is 5.70. The van der Waals surface area contributed by atoms with Crippen LogP contribution >= 0.6 is 0 Å². The molecular formula is C8H15FO3. The largest absolute Gasteiger partial charge is 0.508 e. The van der Waals surface area contributed by atoms with E-state index in [1.54, 1.807) is 6.92 Å². The van der Waals surface area contributed by atoms with Gasteiger partial charge in [-0.1, -0.05) is 6.92 Å². The SMILES string of the molecule is CCC(C)OC(=O)OCCCF. The number of hydrogen-bond donors (Lipinski definition) is 0. The molecule has 0 N–H and O–H groups in total. The molecule has 0 saturated heterocycles. The van der Waals surface area contributed by atoms with Gasteiger partial charge in [-0.05, 0) is 13.3 Å². The number of alkyl halides is 1. The molecule has 72 valence electrons. The fourth-order valence-electron chi connectivity index (χ4n) is 0.492. The van der Waals surface area contributed by atoms with Crippen LogP contribution in [0.5, 0.6) is 0 Å². The second-order valence-corrected chi connectivity index (χ2v) is 2.48. The summed E-state index contributed by atoms with van der Waals surface area (Å²) in [4.78, 5) is 10.7. The van der Waals surface area contributed by atoms with Crippen LogP contribution in [0.2, 0.25) is 0 Å². The monoisotopic (exact) mass is 178 g/mol. The summed E-state index contributed by atoms with van der Waals surface area (Å²) in [6.45, 7) is 3.29. The van der Waals surface area contributed by atoms with Gasteiger partial charge in [-0.3, -0.25) is 4.39 Å². The van der Waals surface area contributed by atoms with Crippen LogP contribution < -0.4 is 0 Å². The molecule has 0 aliphatic heterocycles. The van der Waals surface area contributed by atoms with Crippen LogP contribution in [0, 0.1) is 0 Å². The van der Waals surface area contributed by atoms with Gasteiger partial charge in [0.05, 0.1) is 13.3 Å². The van der Waals surface area contributed by atoms with E-state index in [4.69, 9.17) is 4.74 Å². The average Bonchev–Trinajstić information content (AvgIpc) is 2.05. The van der Waals surface area contributed by atoms with Crippen LogP contribution in [0.4, 0.5) is 9.18 Å². The van der Waals surface area contributed by atoms with Crippen LogP contribution in [-0.4, -0.2) is 25.5 Å². The maximum Gasteiger partial charge on any atom is 0.508 e. The van der Waals surface area contributed by atoms with E-state index >= 15 is 0 Å². The number of halogens is 1. The van der Waals surface area contributed by atoms with Crippen LogP contribution in [0.15, 0.2) is 0 Å². The number of rotatable bonds is 5. The van der Waals surface area contributed by atoms with Gasteiger partial charge in [0.1, 0.15) is 6.10 Å². The quantitative estimate of drug-likeness (QED) is 0.478. The van der Waals surface area contributed by atoms with E-state index in [0.717, 1.165) is 6.42 Å². The van der Waals surface area contributed by atoms with E-state index in [9.17, 15) is 9.18 Å². The fraction of sp³-hybridized carbons (Fsp3) is 0.875. The Labute approximate surface area is 71.8 Å². The first-order valence-corrected chi connectivity index (χ1v) is 4.10. The van der Waals surface area contributed by atoms with Crippen molar-refractivity contribution < 1.29 is 18.7 Å². The van der Waals surface area contributed by atoms with Gasteiger partial charge in [-0.2, -0.15) is 0 Å². The van der Waals surface area contributed by atoms with Crippen molar-refractivity contribution in [2.24, 2.45) is 0 Å². The van der Waals surface area contributed by atoms with Crippen LogP contribution in [0.25, 0.3) is 0 Å². The molecule has 0 aromatic rings. The lowest BCUT2D eigenvalue weighted by Crippen LogP contribution is -2.15. The van der Waals surface area contributed by atoms with Crippen molar-refractivity contribution in [2.45, 2.75) is 32.8 Å². The van der Waals surface area contributed by atoms with Gasteiger partial charge >= 0.3 is 6.16 Å². The van der Waals surface area contributed by atoms with Crippen molar-refractivity contribution in [3.8, 4) is 0 Å². The Bertz CT molecular complexity index is 127. The smallest absolute Gasteiger partial charge is 0.434 e. The molecule has 0 rings (SSSR count). The third kappa shape index (κ3) is 5.95. The van der Waals surface area contributed by atoms with Gasteiger partial charge in [0.2, 0.25) is 0 Å². The lowest BCUT2D eigenvalue weighted by atomic mass is 10.3. The van der Waals surface area contributed by atoms with E-state index < -0.39 is 12.8 Å². The summed E-state index contributed by atoms with van der Waals surface area (Å²) in [6, 6.07) is 0. The minimum absolute atomic E-state index is 0.0891. The maximum absolute atomic E-state index is 11.5. The summed E-state index contributed by atoms with van der Waals surface area (Å²) in [5.41, 5.74) is 0. The molecule has 0 aliphatic carbocycles. The van der Waals surface area contributed by atoms with Gasteiger partial charge in [0, 0.05) is 6.42 Å². The second-order valence-electron chi connectivity index (χ2n) is 2.48. The molecule has 12 heavy (non-hydrogen) atoms. The standard InChI is InChI=1S/C8H15FO3/c1-3-7(2)12-8(10)11-6-4-5-9/h7H,3-6H2,1-2H3. The second kappa shape index (κ2) is 6.88. The van der Waals surface area contributed by atoms with E-state index in [1.807, 2.05) is 6.92 Å². The molecule has 1 atom stereocenters. The predicted molar refractivity (Wildman–Crippen MR) is 42.8 cm³/mol. The topological polar surface area (TPSA) is 35.5 Å². The normalized spacial score (nSPS) is 12.2. The number of hydrogen-bond acceptors (Lipinski definition) is 3. The van der Waals surface area contributed by atoms with Crippen LogP contribution in [0.1, 0.15) is 26.7 Å². The zero-order chi connectivity index (χ0) is 9.40. The van der Waals surface area contributed by atoms with Crippen molar-refractivity contribution in [3.05, 3.63) is 0 Å². The summed E-state index contributed by atoms with van der Waals surface area (Å²) in [6.07, 6.45) is 0.133. The summed E-state index contributed by atoms with van der Waals surface area (Å²) >= 11 is 0. The van der Waals surface area contributed by atoms with E-state index in [2.05, 4.69) is 4.74 Å². The molecular weight excluding hydrogens is 163 g/mol. The minimum Gasteiger partial charge on any atom is -0.434 e. The highest BCUT2D eigenvalue weighted by molar-refractivity contribution is 5.59. The number of carbonyl (C=O) groups excluding carboxylic acids is 1. The Morgan fingerprint density at radius 2 is 2.25 bits per heavy atom. The number of ether oxygens (including phenoxy) is 2. The van der Waals surface area contributed by atoms with E-state index in [1.165, 1.54) is 0 Å². The summed E-state index contributed by atoms with van der Waals surface area (Å²) < 4.78 is 20.9. The predicted octanol–water partition coefficient (Wildman–Crippen LogP) is 2.30. The van der Waals surface area contributed by atoms with Gasteiger partial charge in [-0.25, -0.2) is 4.79 Å². The molecule has 0 fully saturated rings. The van der Waals surface area contributed by atoms with Crippen molar-refractivity contribution >= 4 is 6.16 Å². The molecule has 3 nitrogen and oxygen atoms in total. The molecule has 0 bridgehead atoms. The third-order valence-corrected chi connectivity index (χ3v) is 1.37. The van der Waals surface area contributed by atoms with Crippen molar-refractivity contribution in [1.82, 2.24) is 0 Å². The Hall–Kier alpha value is -0.800. The summed E-state index contributed by atoms with van der Waals surface area (Å²) in [7, 11) is 0. The van der Waals surface area contributed by atoms with Crippen LogP contribution in [0.3, 0.4) is 0 Å². The molecule has 0 amide bonds. The zero-order valence-electron chi connectivity index (χ0n) is 7.51. The first-order valence-electron chi connectivity index (χ1n) is 4.10. The van der Waals surface area contributed by atoms with Gasteiger partial charge < -0.3 is 9.47 Å². The molecule has 4 heteroatoms. The Kier molecular flexibility index (Phi) is 6.42. The Balaban J connectivity index is 3.33. The Morgan fingerprint density at radius 3 is 2.75 bits per heavy atom. The molecule has 0 aliphatic rings. The molecule has 1 unspecified atom stereocenters. The molecule has 0 heterocycles. The molecule has 0 saturated carbocycles. The van der Waals surface area contributed by atoms with Crippen molar-refractivity contribution in [3.63, 3.8) is 0 Å². The van der Waals surface area contributed by atoms with Crippen LogP contribution in [-0.2, 0) is 9.47 Å². The van der Waals surface area contributed by atoms with Crippen molar-refractivity contribution in [1.29, 1.82) is 0 Å². The molecule has 0 aromatic carbocycles. The molecule has 0 spiro atoms. The first kappa shape index (κ1) is 11.2. The highest BCUT2D eigenvalue weighted by Gasteiger charge is 2.07. The molecule has 0 aromatic heterocycles. The lowest BCUT2D eigenvalue weighted by Gasteiger charge is -2.09. The summed E-state index contributed by atoms with van der Waals surface area (Å²) in [5, 5.41) is 0. The van der Waals surface area contributed by atoms with E-state index in [-0.39, 0.29) is 19.1 Å². The average molecular weight is 178 g/mol. The lowest BCUT2D eigenvalue weighted by molar-refractivity contribution is 0.0268. The maximum atomic E-state index is 11.5. The van der Waals surface area contributed by atoms with Gasteiger partial charge in [0.15, 0.2) is 0 Å². The van der Waals surface area contributed by atoms with Gasteiger partial charge in [-0.15, -0.1) is 0 Å². The highest BCUT2D eigenvalue weighted by atomic mass is 19.1. The molecule has 0 radical (unpaired) electrons. The fourth-order valence-corrected chi connectivity index (χ4v) is 0.492. The zero-order valence-corrected chi connectivity index (χ0v) is 7.51. The minimum atomic E-state index is -0.710. The highest BCUT2D eigenvalue weighted by Crippen LogP contribution is 1.98. The summed E-state index contributed by atoms with van der Waals surface area (Å²) in [5.74, 6) is 0. The Morgan fingerprint density at radius 1 is 1.58 bits per heavy atom. The van der Waals surface area contributed by atoms with Crippen molar-refractivity contribution in [2.75, 3.05) is 13.3 Å². The third-order valence-electron chi connectivity index (χ3n) is 1.37. The van der Waals surface area contributed by atoms with E-state index in [0.29, 0.717) is 0 Å². The number of carbonyl (C=O) groups is 1. The van der Waals surface area contributed by atoms with Gasteiger partial charge in [0.25, 0.3) is 0 Å².